The molecule has 19 heavy (non-hydrogen) atoms. The molecule has 0 saturated heterocycles. The lowest BCUT2D eigenvalue weighted by molar-refractivity contribution is -0.175. The van der Waals surface area contributed by atoms with Gasteiger partial charge in [0.25, 0.3) is 5.60 Å². The number of rotatable bonds is 5. The maximum absolute atomic E-state index is 11.8. The van der Waals surface area contributed by atoms with Gasteiger partial charge < -0.3 is 25.5 Å². The maximum Gasteiger partial charge on any atom is 0.347 e. The van der Waals surface area contributed by atoms with Crippen molar-refractivity contribution in [3.63, 3.8) is 0 Å². The first-order chi connectivity index (χ1) is 8.71. The largest absolute Gasteiger partial charge is 0.508 e. The molecule has 1 aromatic rings. The van der Waals surface area contributed by atoms with Gasteiger partial charge in [-0.3, -0.25) is 4.79 Å². The molecule has 0 aromatic heterocycles. The highest BCUT2D eigenvalue weighted by Gasteiger charge is 2.54. The van der Waals surface area contributed by atoms with E-state index >= 15 is 0 Å². The number of carboxylic acid groups (broad SMARTS) is 2. The maximum atomic E-state index is 11.8. The molecule has 1 rings (SSSR count). The number of aliphatic hydroxyl groups excluding tert-OH is 1. The summed E-state index contributed by atoms with van der Waals surface area (Å²) in [5.41, 5.74) is -3.88. The normalized spacial score (nSPS) is 15.3. The van der Waals surface area contributed by atoms with Crippen molar-refractivity contribution in [2.45, 2.75) is 11.7 Å². The van der Waals surface area contributed by atoms with Crippen molar-refractivity contribution in [3.05, 3.63) is 29.8 Å². The molecule has 8 heteroatoms. The smallest absolute Gasteiger partial charge is 0.347 e. The Balaban J connectivity index is 3.27. The molecule has 2 unspecified atom stereocenters. The average molecular weight is 270 g/mol. The first-order valence-corrected chi connectivity index (χ1v) is 4.91. The topological polar surface area (TPSA) is 152 Å². The number of Topliss-reactive ketones (excluding diaryl/α,β-unsaturated/α-hetero) is 1. The van der Waals surface area contributed by atoms with Gasteiger partial charge in [-0.2, -0.15) is 0 Å². The number of benzene rings is 1. The van der Waals surface area contributed by atoms with Gasteiger partial charge in [-0.1, -0.05) is 0 Å². The molecule has 102 valence electrons. The minimum Gasteiger partial charge on any atom is -0.508 e. The molecule has 0 bridgehead atoms. The molecule has 1 aromatic carbocycles. The van der Waals surface area contributed by atoms with Crippen molar-refractivity contribution in [2.24, 2.45) is 0 Å². The number of carbonyl (C=O) groups is 3. The zero-order valence-electron chi connectivity index (χ0n) is 9.35. The molecule has 2 atom stereocenters. The van der Waals surface area contributed by atoms with E-state index in [9.17, 15) is 24.6 Å². The number of ketones is 1. The molecule has 0 aliphatic rings. The predicted octanol–water partition coefficient (Wildman–Crippen LogP) is -1.16. The summed E-state index contributed by atoms with van der Waals surface area (Å²) in [4.78, 5) is 33.3. The lowest BCUT2D eigenvalue weighted by Crippen LogP contribution is -2.58. The lowest BCUT2D eigenvalue weighted by atomic mass is 9.87. The lowest BCUT2D eigenvalue weighted by Gasteiger charge is -2.24. The molecule has 0 aliphatic heterocycles. The van der Waals surface area contributed by atoms with E-state index in [-0.39, 0.29) is 11.3 Å². The highest BCUT2D eigenvalue weighted by Crippen LogP contribution is 2.21. The van der Waals surface area contributed by atoms with E-state index in [1.54, 1.807) is 0 Å². The number of aliphatic hydroxyl groups is 2. The van der Waals surface area contributed by atoms with E-state index in [0.717, 1.165) is 24.3 Å². The van der Waals surface area contributed by atoms with Crippen molar-refractivity contribution in [2.75, 3.05) is 0 Å². The van der Waals surface area contributed by atoms with Gasteiger partial charge in [0.05, 0.1) is 0 Å². The van der Waals surface area contributed by atoms with Crippen LogP contribution in [0.1, 0.15) is 10.4 Å². The van der Waals surface area contributed by atoms with E-state index in [1.807, 2.05) is 0 Å². The van der Waals surface area contributed by atoms with Gasteiger partial charge in [-0.25, -0.2) is 9.59 Å². The fourth-order valence-electron chi connectivity index (χ4n) is 1.35. The Labute approximate surface area is 106 Å². The molecule has 0 fully saturated rings. The average Bonchev–Trinajstić information content (AvgIpc) is 2.36. The van der Waals surface area contributed by atoms with Gasteiger partial charge in [-0.15, -0.1) is 0 Å². The Bertz CT molecular complexity index is 520. The van der Waals surface area contributed by atoms with Crippen molar-refractivity contribution in [3.8, 4) is 5.75 Å². The molecule has 5 N–H and O–H groups in total. The van der Waals surface area contributed by atoms with Crippen LogP contribution in [0.15, 0.2) is 24.3 Å². The molecular formula is C11H10O8. The summed E-state index contributed by atoms with van der Waals surface area (Å²) >= 11 is 0. The molecule has 0 radical (unpaired) electrons. The third-order valence-corrected chi connectivity index (χ3v) is 2.43. The number of aromatic hydroxyl groups is 1. The van der Waals surface area contributed by atoms with Crippen LogP contribution in [-0.2, 0) is 9.59 Å². The van der Waals surface area contributed by atoms with Crippen LogP contribution in [0.4, 0.5) is 0 Å². The fourth-order valence-corrected chi connectivity index (χ4v) is 1.35. The van der Waals surface area contributed by atoms with Crippen LogP contribution < -0.4 is 0 Å². The predicted molar refractivity (Wildman–Crippen MR) is 58.7 cm³/mol. The minimum atomic E-state index is -3.51. The monoisotopic (exact) mass is 270 g/mol. The highest BCUT2D eigenvalue weighted by atomic mass is 16.4. The quantitative estimate of drug-likeness (QED) is 0.331. The summed E-state index contributed by atoms with van der Waals surface area (Å²) in [6, 6.07) is 4.06. The van der Waals surface area contributed by atoms with Crippen LogP contribution in [0.5, 0.6) is 5.75 Å². The van der Waals surface area contributed by atoms with Gasteiger partial charge in [-0.05, 0) is 24.3 Å². The summed E-state index contributed by atoms with van der Waals surface area (Å²) in [7, 11) is 0. The van der Waals surface area contributed by atoms with Gasteiger partial charge in [0.15, 0.2) is 6.10 Å². The van der Waals surface area contributed by atoms with E-state index in [1.165, 1.54) is 0 Å². The third-order valence-electron chi connectivity index (χ3n) is 2.43. The number of phenols is 1. The van der Waals surface area contributed by atoms with Gasteiger partial charge in [0, 0.05) is 5.56 Å². The molecule has 0 spiro atoms. The second kappa shape index (κ2) is 5.04. The molecular weight excluding hydrogens is 260 g/mol. The SMILES string of the molecule is O=C(O)C(O)C(O)(C(=O)O)C(=O)c1ccc(O)cc1. The third kappa shape index (κ3) is 2.54. The first kappa shape index (κ1) is 14.6. The molecule has 8 nitrogen and oxygen atoms in total. The number of hydrogen-bond donors (Lipinski definition) is 5. The summed E-state index contributed by atoms with van der Waals surface area (Å²) in [5.74, 6) is -5.97. The minimum absolute atomic E-state index is 0.214. The Kier molecular flexibility index (Phi) is 3.88. The van der Waals surface area contributed by atoms with Crippen molar-refractivity contribution in [1.82, 2.24) is 0 Å². The van der Waals surface area contributed by atoms with Crippen LogP contribution in [0.25, 0.3) is 0 Å². The number of phenolic OH excluding ortho intramolecular Hbond substituents is 1. The zero-order chi connectivity index (χ0) is 14.8. The van der Waals surface area contributed by atoms with Crippen LogP contribution in [0, 0.1) is 0 Å². The number of aliphatic carboxylic acids is 2. The Hall–Kier alpha value is -2.45. The molecule has 0 amide bonds. The van der Waals surface area contributed by atoms with Crippen LogP contribution in [-0.4, -0.2) is 55.0 Å². The summed E-state index contributed by atoms with van der Waals surface area (Å²) in [6.45, 7) is 0. The highest BCUT2D eigenvalue weighted by molar-refractivity contribution is 6.17. The Morgan fingerprint density at radius 3 is 1.89 bits per heavy atom. The second-order valence-electron chi connectivity index (χ2n) is 3.69. The van der Waals surface area contributed by atoms with E-state index < -0.39 is 29.4 Å². The van der Waals surface area contributed by atoms with Gasteiger partial charge in [0.2, 0.25) is 5.78 Å². The first-order valence-electron chi connectivity index (χ1n) is 4.91. The van der Waals surface area contributed by atoms with E-state index in [2.05, 4.69) is 0 Å². The Morgan fingerprint density at radius 1 is 1.05 bits per heavy atom. The second-order valence-corrected chi connectivity index (χ2v) is 3.69. The standard InChI is InChI=1S/C11H10O8/c12-6-3-1-5(2-4-6)7(13)11(19,10(17)18)8(14)9(15)16/h1-4,8,12,14,19H,(H,15,16)(H,17,18). The molecule has 0 aliphatic carbocycles. The van der Waals surface area contributed by atoms with E-state index in [4.69, 9.17) is 15.3 Å². The summed E-state index contributed by atoms with van der Waals surface area (Å²) in [6.07, 6.45) is -2.83. The Morgan fingerprint density at radius 2 is 1.53 bits per heavy atom. The summed E-state index contributed by atoms with van der Waals surface area (Å²) in [5, 5.41) is 45.2. The van der Waals surface area contributed by atoms with Crippen molar-refractivity contribution < 1.29 is 39.9 Å². The summed E-state index contributed by atoms with van der Waals surface area (Å²) < 4.78 is 0. The van der Waals surface area contributed by atoms with Crippen molar-refractivity contribution >= 4 is 17.7 Å². The van der Waals surface area contributed by atoms with Crippen LogP contribution >= 0.6 is 0 Å². The number of carboxylic acids is 2. The van der Waals surface area contributed by atoms with Crippen LogP contribution in [0.2, 0.25) is 0 Å². The van der Waals surface area contributed by atoms with Gasteiger partial charge in [0.1, 0.15) is 5.75 Å². The number of hydrogen-bond acceptors (Lipinski definition) is 6. The fraction of sp³-hybridized carbons (Fsp3) is 0.182. The van der Waals surface area contributed by atoms with Crippen molar-refractivity contribution in [1.29, 1.82) is 0 Å². The molecule has 0 saturated carbocycles. The van der Waals surface area contributed by atoms with Crippen LogP contribution in [0.3, 0.4) is 0 Å². The van der Waals surface area contributed by atoms with E-state index in [0.29, 0.717) is 0 Å². The molecule has 0 heterocycles. The van der Waals surface area contributed by atoms with Gasteiger partial charge >= 0.3 is 11.9 Å². The zero-order valence-corrected chi connectivity index (χ0v) is 9.35. The number of carbonyl (C=O) groups excluding carboxylic acids is 1.